The molecule has 1 aromatic carbocycles. The van der Waals surface area contributed by atoms with Gasteiger partial charge in [-0.1, -0.05) is 11.6 Å². The molecule has 2 rings (SSSR count). The van der Waals surface area contributed by atoms with E-state index in [0.717, 1.165) is 0 Å². The van der Waals surface area contributed by atoms with E-state index in [9.17, 15) is 13.2 Å². The smallest absolute Gasteiger partial charge is 0.306 e. The fourth-order valence-electron chi connectivity index (χ4n) is 2.24. The Morgan fingerprint density at radius 1 is 1.38 bits per heavy atom. The topological polar surface area (TPSA) is 98.5 Å². The molecule has 1 aliphatic heterocycles. The molecular weight excluding hydrogens is 316 g/mol. The van der Waals surface area contributed by atoms with Crippen molar-refractivity contribution in [3.8, 4) is 6.07 Å². The number of carboxylic acids is 1. The zero-order chi connectivity index (χ0) is 15.6. The minimum atomic E-state index is -3.73. The van der Waals surface area contributed by atoms with Crippen molar-refractivity contribution in [1.29, 1.82) is 5.26 Å². The first kappa shape index (κ1) is 15.8. The molecule has 0 spiro atoms. The Bertz CT molecular complexity index is 703. The minimum Gasteiger partial charge on any atom is -0.481 e. The molecule has 1 aromatic rings. The third-order valence-corrected chi connectivity index (χ3v) is 5.72. The van der Waals surface area contributed by atoms with E-state index in [1.165, 1.54) is 22.5 Å². The molecule has 1 fully saturated rings. The maximum absolute atomic E-state index is 12.5. The van der Waals surface area contributed by atoms with Gasteiger partial charge in [0, 0.05) is 13.1 Å². The van der Waals surface area contributed by atoms with Crippen LogP contribution in [0.4, 0.5) is 0 Å². The van der Waals surface area contributed by atoms with Crippen molar-refractivity contribution in [3.63, 3.8) is 0 Å². The Morgan fingerprint density at radius 3 is 2.52 bits per heavy atom. The molecular formula is C13H13ClN2O4S. The highest BCUT2D eigenvalue weighted by Gasteiger charge is 2.32. The Morgan fingerprint density at radius 2 is 2.00 bits per heavy atom. The summed E-state index contributed by atoms with van der Waals surface area (Å²) >= 11 is 5.79. The Kier molecular flexibility index (Phi) is 4.52. The summed E-state index contributed by atoms with van der Waals surface area (Å²) in [6.07, 6.45) is 0.570. The second-order valence-electron chi connectivity index (χ2n) is 4.77. The zero-order valence-electron chi connectivity index (χ0n) is 11.0. The molecule has 0 unspecified atom stereocenters. The standard InChI is InChI=1S/C13H13ClN2O4S/c14-12-2-1-11(7-10(12)8-15)21(19,20)16-5-3-9(4-6-16)13(17)18/h1-2,7,9H,3-6H2,(H,17,18). The summed E-state index contributed by atoms with van der Waals surface area (Å²) in [7, 11) is -3.73. The number of carbonyl (C=O) groups is 1. The van der Waals surface area contributed by atoms with E-state index in [0.29, 0.717) is 0 Å². The summed E-state index contributed by atoms with van der Waals surface area (Å²) in [5.41, 5.74) is 0.0955. The molecule has 21 heavy (non-hydrogen) atoms. The molecule has 0 radical (unpaired) electrons. The number of aliphatic carboxylic acids is 1. The molecule has 0 amide bonds. The molecule has 0 aromatic heterocycles. The van der Waals surface area contributed by atoms with Crippen molar-refractivity contribution in [2.24, 2.45) is 5.92 Å². The van der Waals surface area contributed by atoms with Gasteiger partial charge in [0.1, 0.15) is 6.07 Å². The number of sulfonamides is 1. The number of carboxylic acid groups (broad SMARTS) is 1. The number of halogens is 1. The first-order valence-corrected chi connectivity index (χ1v) is 8.10. The number of piperidine rings is 1. The maximum atomic E-state index is 12.5. The summed E-state index contributed by atoms with van der Waals surface area (Å²) in [4.78, 5) is 10.9. The van der Waals surface area contributed by atoms with Gasteiger partial charge in [-0.3, -0.25) is 4.79 Å². The van der Waals surface area contributed by atoms with Crippen LogP contribution >= 0.6 is 11.6 Å². The summed E-state index contributed by atoms with van der Waals surface area (Å²) in [5, 5.41) is 18.0. The van der Waals surface area contributed by atoms with Crippen LogP contribution in [0, 0.1) is 17.2 Å². The van der Waals surface area contributed by atoms with E-state index in [4.69, 9.17) is 22.0 Å². The van der Waals surface area contributed by atoms with Crippen molar-refractivity contribution in [1.82, 2.24) is 4.31 Å². The zero-order valence-corrected chi connectivity index (χ0v) is 12.6. The highest BCUT2D eigenvalue weighted by molar-refractivity contribution is 7.89. The number of nitriles is 1. The molecule has 6 nitrogen and oxygen atoms in total. The molecule has 0 aliphatic carbocycles. The summed E-state index contributed by atoms with van der Waals surface area (Å²) in [6, 6.07) is 5.80. The number of rotatable bonds is 3. The summed E-state index contributed by atoms with van der Waals surface area (Å²) in [5.74, 6) is -1.40. The number of benzene rings is 1. The molecule has 8 heteroatoms. The van der Waals surface area contributed by atoms with Gasteiger partial charge in [0.05, 0.1) is 21.4 Å². The van der Waals surface area contributed by atoms with Crippen LogP contribution in [0.2, 0.25) is 5.02 Å². The van der Waals surface area contributed by atoms with Crippen LogP contribution in [0.15, 0.2) is 23.1 Å². The van der Waals surface area contributed by atoms with Gasteiger partial charge in [-0.25, -0.2) is 8.42 Å². The molecule has 0 atom stereocenters. The Balaban J connectivity index is 2.24. The quantitative estimate of drug-likeness (QED) is 0.910. The van der Waals surface area contributed by atoms with Crippen LogP contribution in [0.25, 0.3) is 0 Å². The molecule has 1 saturated heterocycles. The van der Waals surface area contributed by atoms with Gasteiger partial charge in [-0.15, -0.1) is 0 Å². The monoisotopic (exact) mass is 328 g/mol. The number of hydrogen-bond acceptors (Lipinski definition) is 4. The average Bonchev–Trinajstić information content (AvgIpc) is 2.47. The van der Waals surface area contributed by atoms with Crippen molar-refractivity contribution in [2.75, 3.05) is 13.1 Å². The van der Waals surface area contributed by atoms with Gasteiger partial charge in [0.25, 0.3) is 0 Å². The third-order valence-electron chi connectivity index (χ3n) is 3.50. The van der Waals surface area contributed by atoms with Crippen LogP contribution < -0.4 is 0 Å². The lowest BCUT2D eigenvalue weighted by molar-refractivity contribution is -0.142. The van der Waals surface area contributed by atoms with Crippen LogP contribution in [-0.2, 0) is 14.8 Å². The largest absolute Gasteiger partial charge is 0.481 e. The molecule has 1 N–H and O–H groups in total. The van der Waals surface area contributed by atoms with E-state index in [-0.39, 0.29) is 41.4 Å². The first-order valence-electron chi connectivity index (χ1n) is 6.29. The van der Waals surface area contributed by atoms with Gasteiger partial charge in [-0.05, 0) is 31.0 Å². The molecule has 1 aliphatic rings. The van der Waals surface area contributed by atoms with Crippen molar-refractivity contribution in [3.05, 3.63) is 28.8 Å². The fourth-order valence-corrected chi connectivity index (χ4v) is 3.90. The normalized spacial score (nSPS) is 17.3. The fraction of sp³-hybridized carbons (Fsp3) is 0.385. The Hall–Kier alpha value is -1.62. The highest BCUT2D eigenvalue weighted by atomic mass is 35.5. The molecule has 0 bridgehead atoms. The molecule has 0 saturated carbocycles. The van der Waals surface area contributed by atoms with Crippen LogP contribution in [-0.4, -0.2) is 36.9 Å². The van der Waals surface area contributed by atoms with Crippen molar-refractivity contribution in [2.45, 2.75) is 17.7 Å². The molecule has 112 valence electrons. The number of hydrogen-bond donors (Lipinski definition) is 1. The first-order chi connectivity index (χ1) is 9.86. The van der Waals surface area contributed by atoms with Crippen LogP contribution in [0.1, 0.15) is 18.4 Å². The van der Waals surface area contributed by atoms with E-state index < -0.39 is 21.9 Å². The summed E-state index contributed by atoms with van der Waals surface area (Å²) < 4.78 is 26.2. The predicted molar refractivity (Wildman–Crippen MR) is 75.3 cm³/mol. The van der Waals surface area contributed by atoms with Gasteiger partial charge >= 0.3 is 5.97 Å². The van der Waals surface area contributed by atoms with Crippen LogP contribution in [0.5, 0.6) is 0 Å². The van der Waals surface area contributed by atoms with Crippen LogP contribution in [0.3, 0.4) is 0 Å². The third kappa shape index (κ3) is 3.18. The second kappa shape index (κ2) is 6.02. The number of nitrogens with zero attached hydrogens (tertiary/aromatic N) is 2. The minimum absolute atomic E-state index is 0.00257. The second-order valence-corrected chi connectivity index (χ2v) is 7.12. The van der Waals surface area contributed by atoms with E-state index >= 15 is 0 Å². The van der Waals surface area contributed by atoms with Gasteiger partial charge in [0.2, 0.25) is 10.0 Å². The Labute approximate surface area is 127 Å². The van der Waals surface area contributed by atoms with Crippen molar-refractivity contribution >= 4 is 27.6 Å². The van der Waals surface area contributed by atoms with E-state index in [1.807, 2.05) is 6.07 Å². The molecule has 1 heterocycles. The highest BCUT2D eigenvalue weighted by Crippen LogP contribution is 2.26. The SMILES string of the molecule is N#Cc1cc(S(=O)(=O)N2CCC(C(=O)O)CC2)ccc1Cl. The lowest BCUT2D eigenvalue weighted by atomic mass is 9.99. The van der Waals surface area contributed by atoms with E-state index in [2.05, 4.69) is 0 Å². The average molecular weight is 329 g/mol. The lowest BCUT2D eigenvalue weighted by Crippen LogP contribution is -2.40. The van der Waals surface area contributed by atoms with Gasteiger partial charge < -0.3 is 5.11 Å². The van der Waals surface area contributed by atoms with Gasteiger partial charge in [-0.2, -0.15) is 9.57 Å². The van der Waals surface area contributed by atoms with Crippen molar-refractivity contribution < 1.29 is 18.3 Å². The van der Waals surface area contributed by atoms with Gasteiger partial charge in [0.15, 0.2) is 0 Å². The summed E-state index contributed by atoms with van der Waals surface area (Å²) in [6.45, 7) is 0.313. The maximum Gasteiger partial charge on any atom is 0.306 e. The van der Waals surface area contributed by atoms with E-state index in [1.54, 1.807) is 0 Å². The predicted octanol–water partition coefficient (Wildman–Crippen LogP) is 1.70. The lowest BCUT2D eigenvalue weighted by Gasteiger charge is -2.29.